The molecule has 15 heteroatoms. The Balaban J connectivity index is 0.951. The van der Waals surface area contributed by atoms with Crippen molar-refractivity contribution in [1.29, 1.82) is 0 Å². The van der Waals surface area contributed by atoms with Crippen molar-refractivity contribution >= 4 is 6.03 Å². The van der Waals surface area contributed by atoms with Crippen LogP contribution in [0.1, 0.15) is 66.1 Å². The maximum atomic E-state index is 11.5. The van der Waals surface area contributed by atoms with Crippen molar-refractivity contribution < 1.29 is 39.4 Å². The molecule has 2 amide bonds. The zero-order chi connectivity index (χ0) is 47.0. The van der Waals surface area contributed by atoms with E-state index in [2.05, 4.69) is 49.6 Å². The normalized spacial score (nSPS) is 15.2. The van der Waals surface area contributed by atoms with E-state index in [4.69, 9.17) is 14.2 Å². The molecule has 1 saturated heterocycles. The molecule has 0 aliphatic carbocycles. The van der Waals surface area contributed by atoms with Crippen LogP contribution >= 0.6 is 0 Å². The molecule has 4 aromatic carbocycles. The van der Waals surface area contributed by atoms with Gasteiger partial charge in [0, 0.05) is 56.3 Å². The molecule has 0 saturated carbocycles. The molecule has 15 nitrogen and oxygen atoms in total. The first-order valence-electron chi connectivity index (χ1n) is 22.4. The number of hydrogen-bond acceptors (Lipinski definition) is 11. The van der Waals surface area contributed by atoms with Gasteiger partial charge in [0.15, 0.2) is 0 Å². The number of aromatic nitrogens is 4. The van der Waals surface area contributed by atoms with E-state index in [1.54, 1.807) is 41.7 Å². The Kier molecular flexibility index (Phi) is 17.2. The minimum Gasteiger partial charge on any atom is -0.494 e. The topological polar surface area (TPSA) is 197 Å². The third-order valence-corrected chi connectivity index (χ3v) is 11.1. The number of morpholine rings is 1. The highest BCUT2D eigenvalue weighted by Gasteiger charge is 2.23. The lowest BCUT2D eigenvalue weighted by Gasteiger charge is -2.23. The quantitative estimate of drug-likeness (QED) is 0.0454. The van der Waals surface area contributed by atoms with Crippen molar-refractivity contribution in [3.8, 4) is 57.4 Å². The number of nitrogens with zero attached hydrogens (tertiary/aromatic N) is 4. The van der Waals surface area contributed by atoms with Gasteiger partial charge in [0.05, 0.1) is 44.8 Å². The molecule has 0 spiro atoms. The van der Waals surface area contributed by atoms with Crippen LogP contribution in [0.15, 0.2) is 116 Å². The number of imidazole rings is 2. The summed E-state index contributed by atoms with van der Waals surface area (Å²) >= 11 is 0. The summed E-state index contributed by atoms with van der Waals surface area (Å²) in [7, 11) is 1.57. The van der Waals surface area contributed by atoms with E-state index >= 15 is 0 Å². The molecule has 0 radical (unpaired) electrons. The molecule has 6 aromatic rings. The SMILES string of the molecule is CNC(=O)NCCCOc1ccc(-c2ccc(C#C[C@@H](CO)n3ccnc3[C@@H](O)Cc3cn([C@@H](C#Cc4ccc(-c5ccc(OC[C@H]6COCCN6)cc5)cc4)CO)c([C@H](C)O)n3)cc2)cc1. The molecule has 2 aromatic heterocycles. The number of ether oxygens (including phenoxy) is 3. The van der Waals surface area contributed by atoms with Gasteiger partial charge in [0.2, 0.25) is 0 Å². The summed E-state index contributed by atoms with van der Waals surface area (Å²) in [5.41, 5.74) is 6.01. The second-order valence-corrected chi connectivity index (χ2v) is 16.0. The van der Waals surface area contributed by atoms with Gasteiger partial charge in [-0.1, -0.05) is 72.2 Å². The van der Waals surface area contributed by atoms with Crippen LogP contribution in [0, 0.1) is 23.7 Å². The summed E-state index contributed by atoms with van der Waals surface area (Å²) in [6, 6.07) is 29.8. The molecular weight excluding hydrogens is 851 g/mol. The second kappa shape index (κ2) is 24.0. The Hall–Kier alpha value is -6.95. The standard InChI is InChI=1S/C52H57N7O8/c1-36(62)50-57-43(31-59(50)46(33-61)19-9-38-6-12-40(13-7-38)42-16-22-48(23-17-42)67-35-44-34-65-29-26-54-44)30-49(63)51-55-25-27-58(51)45(32-60)18-8-37-4-10-39(11-5-37)41-14-20-47(21-15-41)66-28-3-24-56-52(64)53-2/h4-7,10-17,20-23,25,27,31,36,44-46,49,54,60-63H,3,24,26,28-30,32-35H2,1-2H3,(H2,53,56,64)/t36-,44+,45-,46-,49-/m0/s1. The fourth-order valence-corrected chi connectivity index (χ4v) is 7.45. The molecule has 7 rings (SSSR count). The number of benzene rings is 4. The molecule has 1 aliphatic rings. The molecule has 7 N–H and O–H groups in total. The first kappa shape index (κ1) is 48.0. The number of rotatable bonds is 18. The highest BCUT2D eigenvalue weighted by atomic mass is 16.5. The fourth-order valence-electron chi connectivity index (χ4n) is 7.45. The van der Waals surface area contributed by atoms with Crippen LogP contribution in [0.25, 0.3) is 22.3 Å². The predicted molar refractivity (Wildman–Crippen MR) is 254 cm³/mol. The zero-order valence-electron chi connectivity index (χ0n) is 37.6. The Labute approximate surface area is 390 Å². The summed E-state index contributed by atoms with van der Waals surface area (Å²) in [4.78, 5) is 20.3. The minimum atomic E-state index is -1.13. The summed E-state index contributed by atoms with van der Waals surface area (Å²) in [5, 5.41) is 51.6. The zero-order valence-corrected chi connectivity index (χ0v) is 37.6. The van der Waals surface area contributed by atoms with Crippen LogP contribution in [-0.4, -0.2) is 111 Å². The smallest absolute Gasteiger partial charge is 0.314 e. The van der Waals surface area contributed by atoms with Crippen LogP contribution in [0.5, 0.6) is 11.5 Å². The Morgan fingerprint density at radius 2 is 1.39 bits per heavy atom. The van der Waals surface area contributed by atoms with Crippen molar-refractivity contribution in [2.45, 2.75) is 50.1 Å². The van der Waals surface area contributed by atoms with E-state index < -0.39 is 24.3 Å². The molecule has 67 heavy (non-hydrogen) atoms. The van der Waals surface area contributed by atoms with Gasteiger partial charge in [-0.05, 0) is 84.1 Å². The molecule has 0 bridgehead atoms. The molecule has 5 atom stereocenters. The maximum absolute atomic E-state index is 11.5. The van der Waals surface area contributed by atoms with Crippen molar-refractivity contribution in [2.75, 3.05) is 59.8 Å². The lowest BCUT2D eigenvalue weighted by molar-refractivity contribution is 0.0592. The lowest BCUT2D eigenvalue weighted by atomic mass is 10.0. The summed E-state index contributed by atoms with van der Waals surface area (Å²) < 4.78 is 20.5. The highest BCUT2D eigenvalue weighted by Crippen LogP contribution is 2.27. The average Bonchev–Trinajstić information content (AvgIpc) is 4.03. The number of urea groups is 1. The summed E-state index contributed by atoms with van der Waals surface area (Å²) in [5.74, 6) is 14.7. The molecule has 0 unspecified atom stereocenters. The van der Waals surface area contributed by atoms with E-state index in [0.717, 1.165) is 58.0 Å². The number of amides is 2. The van der Waals surface area contributed by atoms with Crippen LogP contribution in [0.3, 0.4) is 0 Å². The van der Waals surface area contributed by atoms with E-state index in [1.807, 2.05) is 97.1 Å². The highest BCUT2D eigenvalue weighted by molar-refractivity contribution is 5.73. The van der Waals surface area contributed by atoms with Gasteiger partial charge in [0.25, 0.3) is 0 Å². The maximum Gasteiger partial charge on any atom is 0.314 e. The van der Waals surface area contributed by atoms with Gasteiger partial charge in [-0.2, -0.15) is 0 Å². The van der Waals surface area contributed by atoms with E-state index in [9.17, 15) is 25.2 Å². The van der Waals surface area contributed by atoms with Gasteiger partial charge in [-0.15, -0.1) is 0 Å². The van der Waals surface area contributed by atoms with Gasteiger partial charge in [-0.25, -0.2) is 14.8 Å². The van der Waals surface area contributed by atoms with E-state index in [1.165, 1.54) is 0 Å². The molecule has 1 aliphatic heterocycles. The third kappa shape index (κ3) is 13.3. The van der Waals surface area contributed by atoms with Crippen molar-refractivity contribution in [3.63, 3.8) is 0 Å². The number of nitrogens with one attached hydrogen (secondary N) is 3. The van der Waals surface area contributed by atoms with Gasteiger partial charge >= 0.3 is 6.03 Å². The van der Waals surface area contributed by atoms with Gasteiger partial charge < -0.3 is 59.7 Å². The Bertz CT molecular complexity index is 2620. The number of aliphatic hydroxyl groups excluding tert-OH is 4. The number of hydrogen-bond donors (Lipinski definition) is 7. The number of aliphatic hydroxyl groups is 4. The van der Waals surface area contributed by atoms with Crippen LogP contribution in [-0.2, 0) is 11.2 Å². The minimum absolute atomic E-state index is 0.0350. The Morgan fingerprint density at radius 1 is 0.821 bits per heavy atom. The van der Waals surface area contributed by atoms with E-state index in [-0.39, 0.29) is 31.7 Å². The largest absolute Gasteiger partial charge is 0.494 e. The number of carbonyl (C=O) groups is 1. The van der Waals surface area contributed by atoms with Gasteiger partial charge in [-0.3, -0.25) is 0 Å². The summed E-state index contributed by atoms with van der Waals surface area (Å²) in [6.45, 7) is 4.65. The van der Waals surface area contributed by atoms with Crippen molar-refractivity contribution in [3.05, 3.63) is 144 Å². The van der Waals surface area contributed by atoms with Crippen LogP contribution in [0.2, 0.25) is 0 Å². The summed E-state index contributed by atoms with van der Waals surface area (Å²) in [6.07, 6.45) is 3.48. The molecular formula is C52H57N7O8. The van der Waals surface area contributed by atoms with Gasteiger partial charge in [0.1, 0.15) is 54.0 Å². The molecule has 348 valence electrons. The van der Waals surface area contributed by atoms with Crippen molar-refractivity contribution in [1.82, 2.24) is 35.1 Å². The first-order chi connectivity index (χ1) is 32.7. The Morgan fingerprint density at radius 3 is 1.93 bits per heavy atom. The number of carbonyl (C=O) groups excluding carboxylic acids is 1. The monoisotopic (exact) mass is 907 g/mol. The first-order valence-corrected chi connectivity index (χ1v) is 22.4. The predicted octanol–water partition coefficient (Wildman–Crippen LogP) is 4.98. The van der Waals surface area contributed by atoms with Crippen LogP contribution < -0.4 is 25.4 Å². The lowest BCUT2D eigenvalue weighted by Crippen LogP contribution is -2.44. The molecule has 3 heterocycles. The fraction of sp³-hybridized carbons (Fsp3) is 0.327. The van der Waals surface area contributed by atoms with Crippen LogP contribution in [0.4, 0.5) is 4.79 Å². The van der Waals surface area contributed by atoms with E-state index in [0.29, 0.717) is 50.1 Å². The molecule has 1 fully saturated rings. The van der Waals surface area contributed by atoms with Crippen molar-refractivity contribution in [2.24, 2.45) is 0 Å². The average molecular weight is 908 g/mol. The third-order valence-electron chi connectivity index (χ3n) is 11.1. The second-order valence-electron chi connectivity index (χ2n) is 16.0.